The van der Waals surface area contributed by atoms with Gasteiger partial charge >= 0.3 is 0 Å². The second kappa shape index (κ2) is 7.81. The van der Waals surface area contributed by atoms with Crippen LogP contribution in [0.4, 0.5) is 17.5 Å². The molecule has 146 valence electrons. The number of methoxy groups -OCH3 is 1. The average Bonchev–Trinajstić information content (AvgIpc) is 3.39. The maximum absolute atomic E-state index is 5.52. The molecule has 1 aliphatic rings. The van der Waals surface area contributed by atoms with Crippen molar-refractivity contribution in [2.45, 2.75) is 25.8 Å². The zero-order valence-electron chi connectivity index (χ0n) is 16.2. The van der Waals surface area contributed by atoms with Crippen molar-refractivity contribution in [1.29, 1.82) is 0 Å². The molecule has 2 aromatic heterocycles. The second-order valence-electron chi connectivity index (χ2n) is 6.72. The number of ether oxygens (including phenoxy) is 1. The highest BCUT2D eigenvalue weighted by molar-refractivity contribution is 5.62. The summed E-state index contributed by atoms with van der Waals surface area (Å²) >= 11 is 0. The molecule has 3 heterocycles. The molecular formula is C19H24N8O. The van der Waals surface area contributed by atoms with Crippen molar-refractivity contribution >= 4 is 17.5 Å². The van der Waals surface area contributed by atoms with Crippen molar-refractivity contribution in [2.24, 2.45) is 0 Å². The highest BCUT2D eigenvalue weighted by Crippen LogP contribution is 2.29. The van der Waals surface area contributed by atoms with Gasteiger partial charge in [-0.05, 0) is 44.5 Å². The van der Waals surface area contributed by atoms with Crippen molar-refractivity contribution < 1.29 is 4.74 Å². The highest BCUT2D eigenvalue weighted by atomic mass is 16.5. The van der Waals surface area contributed by atoms with Gasteiger partial charge in [0.1, 0.15) is 22.9 Å². The Hall–Kier alpha value is -3.20. The summed E-state index contributed by atoms with van der Waals surface area (Å²) in [6.07, 6.45) is 4.19. The number of nitrogens with zero attached hydrogens (tertiary/aromatic N) is 5. The van der Waals surface area contributed by atoms with Crippen LogP contribution >= 0.6 is 0 Å². The zero-order chi connectivity index (χ0) is 19.5. The Balaban J connectivity index is 1.64. The van der Waals surface area contributed by atoms with Crippen LogP contribution in [-0.4, -0.2) is 45.7 Å². The lowest BCUT2D eigenvalue weighted by atomic mass is 10.2. The molecule has 0 spiro atoms. The molecule has 9 heteroatoms. The van der Waals surface area contributed by atoms with Crippen LogP contribution in [0.1, 0.15) is 30.3 Å². The number of benzene rings is 1. The van der Waals surface area contributed by atoms with Gasteiger partial charge in [-0.15, -0.1) is 5.10 Å². The quantitative estimate of drug-likeness (QED) is 0.600. The van der Waals surface area contributed by atoms with Crippen LogP contribution in [0.3, 0.4) is 0 Å². The molecule has 0 amide bonds. The lowest BCUT2D eigenvalue weighted by Crippen LogP contribution is -2.13. The van der Waals surface area contributed by atoms with Crippen LogP contribution in [0, 0.1) is 6.92 Å². The van der Waals surface area contributed by atoms with Crippen LogP contribution in [0.15, 0.2) is 30.5 Å². The number of anilines is 3. The maximum atomic E-state index is 5.52. The van der Waals surface area contributed by atoms with Gasteiger partial charge in [0.15, 0.2) is 0 Å². The number of aromatic nitrogens is 5. The smallest absolute Gasteiger partial charge is 0.229 e. The summed E-state index contributed by atoms with van der Waals surface area (Å²) in [5.41, 5.74) is 3.45. The Morgan fingerprint density at radius 2 is 2.14 bits per heavy atom. The molecule has 1 fully saturated rings. The Kier molecular flexibility index (Phi) is 5.07. The Morgan fingerprint density at radius 1 is 1.25 bits per heavy atom. The van der Waals surface area contributed by atoms with E-state index in [-0.39, 0.29) is 6.04 Å². The third-order valence-electron chi connectivity index (χ3n) is 4.72. The third-order valence-corrected chi connectivity index (χ3v) is 4.72. The van der Waals surface area contributed by atoms with Crippen molar-refractivity contribution in [3.05, 3.63) is 41.9 Å². The number of hydrogen-bond donors (Lipinski definition) is 3. The van der Waals surface area contributed by atoms with E-state index in [1.165, 1.54) is 0 Å². The van der Waals surface area contributed by atoms with Gasteiger partial charge in [-0.25, -0.2) is 9.67 Å². The van der Waals surface area contributed by atoms with Crippen LogP contribution in [-0.2, 0) is 0 Å². The summed E-state index contributed by atoms with van der Waals surface area (Å²) in [5, 5.41) is 18.4. The second-order valence-corrected chi connectivity index (χ2v) is 6.72. The van der Waals surface area contributed by atoms with Gasteiger partial charge in [-0.2, -0.15) is 4.98 Å². The normalized spacial score (nSPS) is 16.2. The fourth-order valence-electron chi connectivity index (χ4n) is 3.32. The molecule has 3 aromatic rings. The summed E-state index contributed by atoms with van der Waals surface area (Å²) in [6, 6.07) is 7.91. The van der Waals surface area contributed by atoms with Gasteiger partial charge in [0.25, 0.3) is 0 Å². The van der Waals surface area contributed by atoms with E-state index in [1.807, 2.05) is 44.4 Å². The number of hydrogen-bond acceptors (Lipinski definition) is 8. The molecule has 3 N–H and O–H groups in total. The monoisotopic (exact) mass is 380 g/mol. The maximum Gasteiger partial charge on any atom is 0.229 e. The first-order chi connectivity index (χ1) is 13.7. The van der Waals surface area contributed by atoms with E-state index in [0.29, 0.717) is 11.7 Å². The third kappa shape index (κ3) is 3.74. The van der Waals surface area contributed by atoms with Crippen molar-refractivity contribution in [3.63, 3.8) is 0 Å². The first-order valence-electron chi connectivity index (χ1n) is 9.31. The lowest BCUT2D eigenvalue weighted by molar-refractivity contribution is 0.411. The summed E-state index contributed by atoms with van der Waals surface area (Å²) in [7, 11) is 3.48. The molecule has 1 saturated heterocycles. The first-order valence-corrected chi connectivity index (χ1v) is 9.31. The molecule has 0 aliphatic carbocycles. The molecule has 1 aliphatic heterocycles. The Labute approximate surface area is 163 Å². The standard InChI is InChI=1S/C19H24N8O/c1-12-9-18(20-2)24-19(22-12)23-13-6-7-17(28-3)16(10-13)27-11-15(25-26-27)14-5-4-8-21-14/h6-7,9-11,14,21H,4-5,8H2,1-3H3,(H2,20,22,23,24)/t14-/m0/s1. The SMILES string of the molecule is CNc1cc(C)nc(Nc2ccc(OC)c(-n3cc([C@@H]4CCCN4)nn3)c2)n1. The number of nitrogens with one attached hydrogen (secondary N) is 3. The zero-order valence-corrected chi connectivity index (χ0v) is 16.2. The predicted molar refractivity (Wildman–Crippen MR) is 107 cm³/mol. The van der Waals surface area contributed by atoms with E-state index >= 15 is 0 Å². The summed E-state index contributed by atoms with van der Waals surface area (Å²) in [4.78, 5) is 8.88. The van der Waals surface area contributed by atoms with Gasteiger partial charge < -0.3 is 20.7 Å². The molecule has 28 heavy (non-hydrogen) atoms. The van der Waals surface area contributed by atoms with Crippen LogP contribution < -0.4 is 20.7 Å². The van der Waals surface area contributed by atoms with Crippen molar-refractivity contribution in [1.82, 2.24) is 30.3 Å². The summed E-state index contributed by atoms with van der Waals surface area (Å²) in [6.45, 7) is 2.95. The lowest BCUT2D eigenvalue weighted by Gasteiger charge is -2.12. The first kappa shape index (κ1) is 18.2. The van der Waals surface area contributed by atoms with Gasteiger partial charge in [0.05, 0.1) is 19.3 Å². The molecule has 0 radical (unpaired) electrons. The van der Waals surface area contributed by atoms with E-state index in [0.717, 1.165) is 48.0 Å². The van der Waals surface area contributed by atoms with Crippen LogP contribution in [0.5, 0.6) is 5.75 Å². The molecule has 4 rings (SSSR count). The highest BCUT2D eigenvalue weighted by Gasteiger charge is 2.20. The fourth-order valence-corrected chi connectivity index (χ4v) is 3.32. The minimum Gasteiger partial charge on any atom is -0.494 e. The minimum atomic E-state index is 0.265. The van der Waals surface area contributed by atoms with Crippen LogP contribution in [0.2, 0.25) is 0 Å². The molecule has 0 bridgehead atoms. The molecular weight excluding hydrogens is 356 g/mol. The fraction of sp³-hybridized carbons (Fsp3) is 0.368. The summed E-state index contributed by atoms with van der Waals surface area (Å²) < 4.78 is 7.27. The molecule has 0 unspecified atom stereocenters. The topological polar surface area (TPSA) is 102 Å². The summed E-state index contributed by atoms with van der Waals surface area (Å²) in [5.74, 6) is 1.99. The average molecular weight is 380 g/mol. The van der Waals surface area contributed by atoms with E-state index in [1.54, 1.807) is 11.8 Å². The Bertz CT molecular complexity index is 964. The van der Waals surface area contributed by atoms with Gasteiger partial charge in [0, 0.05) is 24.5 Å². The predicted octanol–water partition coefficient (Wildman–Crippen LogP) is 2.58. The van der Waals surface area contributed by atoms with Gasteiger partial charge in [0.2, 0.25) is 5.95 Å². The molecule has 9 nitrogen and oxygen atoms in total. The molecule has 1 atom stereocenters. The molecule has 0 saturated carbocycles. The van der Waals surface area contributed by atoms with Crippen LogP contribution in [0.25, 0.3) is 5.69 Å². The van der Waals surface area contributed by atoms with E-state index in [4.69, 9.17) is 4.74 Å². The van der Waals surface area contributed by atoms with Crippen molar-refractivity contribution in [3.8, 4) is 11.4 Å². The van der Waals surface area contributed by atoms with Gasteiger partial charge in [-0.3, -0.25) is 0 Å². The largest absolute Gasteiger partial charge is 0.494 e. The van der Waals surface area contributed by atoms with E-state index in [9.17, 15) is 0 Å². The minimum absolute atomic E-state index is 0.265. The van der Waals surface area contributed by atoms with E-state index < -0.39 is 0 Å². The van der Waals surface area contributed by atoms with Crippen molar-refractivity contribution in [2.75, 3.05) is 31.3 Å². The van der Waals surface area contributed by atoms with Gasteiger partial charge in [-0.1, -0.05) is 5.21 Å². The number of aryl methyl sites for hydroxylation is 1. The number of rotatable bonds is 6. The molecule has 1 aromatic carbocycles. The van der Waals surface area contributed by atoms with E-state index in [2.05, 4.69) is 36.2 Å². The Morgan fingerprint density at radius 3 is 2.89 bits per heavy atom.